The van der Waals surface area contributed by atoms with E-state index in [4.69, 9.17) is 10.8 Å². The lowest BCUT2D eigenvalue weighted by atomic mass is 10.0. The highest BCUT2D eigenvalue weighted by Crippen LogP contribution is 2.18. The molecule has 1 amide bonds. The fourth-order valence-electron chi connectivity index (χ4n) is 1.50. The lowest BCUT2D eigenvalue weighted by molar-refractivity contribution is 0.0684. The van der Waals surface area contributed by atoms with Crippen LogP contribution in [0.4, 0.5) is 4.79 Å². The van der Waals surface area contributed by atoms with Crippen molar-refractivity contribution >= 4 is 22.0 Å². The summed E-state index contributed by atoms with van der Waals surface area (Å²) in [6, 6.07) is 0. The smallest absolute Gasteiger partial charge is 0.408 e. The average Bonchev–Trinajstić information content (AvgIpc) is 2.00. The van der Waals surface area contributed by atoms with Crippen LogP contribution in [-0.4, -0.2) is 33.1 Å². The minimum atomic E-state index is -0.950. The Balaban J connectivity index is 4.31. The first-order chi connectivity index (χ1) is 6.80. The van der Waals surface area contributed by atoms with Crippen molar-refractivity contribution in [2.75, 3.05) is 5.33 Å². The van der Waals surface area contributed by atoms with Gasteiger partial charge in [0.15, 0.2) is 0 Å². The SMILES string of the molecule is CC(C)(C)N(C(=O)O)C(N)CCCCBr. The number of amides is 1. The first kappa shape index (κ1) is 14.7. The Bertz CT molecular complexity index is 204. The number of hydrogen-bond acceptors (Lipinski definition) is 2. The van der Waals surface area contributed by atoms with Crippen LogP contribution >= 0.6 is 15.9 Å². The van der Waals surface area contributed by atoms with Crippen molar-refractivity contribution in [1.29, 1.82) is 0 Å². The summed E-state index contributed by atoms with van der Waals surface area (Å²) in [5.74, 6) is 0. The summed E-state index contributed by atoms with van der Waals surface area (Å²) in [7, 11) is 0. The van der Waals surface area contributed by atoms with E-state index in [1.54, 1.807) is 0 Å². The maximum Gasteiger partial charge on any atom is 0.408 e. The highest BCUT2D eigenvalue weighted by atomic mass is 79.9. The van der Waals surface area contributed by atoms with Crippen LogP contribution in [-0.2, 0) is 0 Å². The number of hydrogen-bond donors (Lipinski definition) is 2. The molecule has 0 bridgehead atoms. The molecule has 0 aliphatic carbocycles. The number of rotatable bonds is 5. The van der Waals surface area contributed by atoms with Gasteiger partial charge in [-0.15, -0.1) is 0 Å². The Hall–Kier alpha value is -0.290. The standard InChI is InChI=1S/C10H21BrN2O2/c1-10(2,3)13(9(14)15)8(12)6-4-5-7-11/h8H,4-7,12H2,1-3H3,(H,14,15). The molecule has 1 atom stereocenters. The van der Waals surface area contributed by atoms with E-state index < -0.39 is 17.8 Å². The van der Waals surface area contributed by atoms with Crippen molar-refractivity contribution in [3.8, 4) is 0 Å². The molecule has 0 saturated carbocycles. The molecular weight excluding hydrogens is 260 g/mol. The molecule has 5 heteroatoms. The zero-order valence-electron chi connectivity index (χ0n) is 9.66. The molecule has 0 spiro atoms. The van der Waals surface area contributed by atoms with E-state index in [0.29, 0.717) is 6.42 Å². The molecule has 0 rings (SSSR count). The fraction of sp³-hybridized carbons (Fsp3) is 0.900. The molecule has 1 unspecified atom stereocenters. The quantitative estimate of drug-likeness (QED) is 0.462. The van der Waals surface area contributed by atoms with Crippen molar-refractivity contribution in [3.63, 3.8) is 0 Å². The number of halogens is 1. The summed E-state index contributed by atoms with van der Waals surface area (Å²) < 4.78 is 0. The Morgan fingerprint density at radius 2 is 2.00 bits per heavy atom. The minimum Gasteiger partial charge on any atom is -0.465 e. The van der Waals surface area contributed by atoms with E-state index in [2.05, 4.69) is 15.9 Å². The molecule has 0 saturated heterocycles. The summed E-state index contributed by atoms with van der Waals surface area (Å²) in [5.41, 5.74) is 5.43. The maximum atomic E-state index is 11.1. The third-order valence-electron chi connectivity index (χ3n) is 2.14. The number of unbranched alkanes of at least 4 members (excludes halogenated alkanes) is 1. The third kappa shape index (κ3) is 5.37. The van der Waals surface area contributed by atoms with Crippen LogP contribution in [0.5, 0.6) is 0 Å². The van der Waals surface area contributed by atoms with Crippen LogP contribution in [0.3, 0.4) is 0 Å². The van der Waals surface area contributed by atoms with Crippen molar-refractivity contribution in [1.82, 2.24) is 4.90 Å². The van der Waals surface area contributed by atoms with Crippen LogP contribution in [0.2, 0.25) is 0 Å². The third-order valence-corrected chi connectivity index (χ3v) is 2.70. The number of nitrogens with zero attached hydrogens (tertiary/aromatic N) is 1. The van der Waals surface area contributed by atoms with Crippen LogP contribution in [0, 0.1) is 0 Å². The van der Waals surface area contributed by atoms with Gasteiger partial charge < -0.3 is 10.8 Å². The molecule has 90 valence electrons. The van der Waals surface area contributed by atoms with E-state index in [1.807, 2.05) is 20.8 Å². The topological polar surface area (TPSA) is 66.6 Å². The molecule has 0 aromatic rings. The molecule has 0 aromatic heterocycles. The molecule has 0 aliphatic rings. The van der Waals surface area contributed by atoms with E-state index >= 15 is 0 Å². The zero-order chi connectivity index (χ0) is 12.1. The van der Waals surface area contributed by atoms with Gasteiger partial charge in [0.05, 0.1) is 6.17 Å². The van der Waals surface area contributed by atoms with Crippen LogP contribution in [0.15, 0.2) is 0 Å². The van der Waals surface area contributed by atoms with Gasteiger partial charge in [-0.3, -0.25) is 4.90 Å². The second-order valence-corrected chi connectivity index (χ2v) is 5.37. The van der Waals surface area contributed by atoms with Gasteiger partial charge in [0.2, 0.25) is 0 Å². The minimum absolute atomic E-state index is 0.415. The van der Waals surface area contributed by atoms with Gasteiger partial charge >= 0.3 is 6.09 Å². The molecule has 15 heavy (non-hydrogen) atoms. The van der Waals surface area contributed by atoms with Gasteiger partial charge in [-0.1, -0.05) is 15.9 Å². The first-order valence-corrected chi connectivity index (χ1v) is 6.26. The molecule has 0 radical (unpaired) electrons. The number of carbonyl (C=O) groups is 1. The first-order valence-electron chi connectivity index (χ1n) is 5.14. The van der Waals surface area contributed by atoms with Gasteiger partial charge in [0.1, 0.15) is 0 Å². The van der Waals surface area contributed by atoms with Gasteiger partial charge in [0.25, 0.3) is 0 Å². The predicted octanol–water partition coefficient (Wildman–Crippen LogP) is 2.61. The summed E-state index contributed by atoms with van der Waals surface area (Å²) in [6.07, 6.45) is 1.29. The number of alkyl halides is 1. The Labute approximate surface area is 99.9 Å². The molecule has 0 aliphatic heterocycles. The normalized spacial score (nSPS) is 13.7. The molecule has 0 aromatic carbocycles. The molecule has 0 fully saturated rings. The lowest BCUT2D eigenvalue weighted by Crippen LogP contribution is -2.54. The predicted molar refractivity (Wildman–Crippen MR) is 65.2 cm³/mol. The van der Waals surface area contributed by atoms with Crippen molar-refractivity contribution in [3.05, 3.63) is 0 Å². The van der Waals surface area contributed by atoms with Gasteiger partial charge in [0, 0.05) is 10.9 Å². The van der Waals surface area contributed by atoms with E-state index in [-0.39, 0.29) is 0 Å². The maximum absolute atomic E-state index is 11.1. The number of carboxylic acid groups (broad SMARTS) is 1. The molecule has 0 heterocycles. The molecule has 4 nitrogen and oxygen atoms in total. The monoisotopic (exact) mass is 280 g/mol. The fourth-order valence-corrected chi connectivity index (χ4v) is 1.90. The Kier molecular flexibility index (Phi) is 6.20. The van der Waals surface area contributed by atoms with E-state index in [1.165, 1.54) is 4.90 Å². The van der Waals surface area contributed by atoms with Crippen molar-refractivity contribution in [2.24, 2.45) is 5.73 Å². The Morgan fingerprint density at radius 3 is 2.33 bits per heavy atom. The summed E-state index contributed by atoms with van der Waals surface area (Å²) >= 11 is 3.33. The van der Waals surface area contributed by atoms with Crippen LogP contribution < -0.4 is 5.73 Å². The highest BCUT2D eigenvalue weighted by Gasteiger charge is 2.30. The van der Waals surface area contributed by atoms with Crippen molar-refractivity contribution < 1.29 is 9.90 Å². The van der Waals surface area contributed by atoms with Gasteiger partial charge in [-0.25, -0.2) is 4.79 Å². The van der Waals surface area contributed by atoms with E-state index in [0.717, 1.165) is 18.2 Å². The van der Waals surface area contributed by atoms with Crippen molar-refractivity contribution in [2.45, 2.75) is 51.7 Å². The summed E-state index contributed by atoms with van der Waals surface area (Å²) in [4.78, 5) is 12.4. The van der Waals surface area contributed by atoms with Gasteiger partial charge in [-0.2, -0.15) is 0 Å². The second-order valence-electron chi connectivity index (χ2n) is 4.58. The second kappa shape index (κ2) is 6.33. The summed E-state index contributed by atoms with van der Waals surface area (Å²) in [6.45, 7) is 5.56. The zero-order valence-corrected chi connectivity index (χ0v) is 11.2. The molecule has 3 N–H and O–H groups in total. The summed E-state index contributed by atoms with van der Waals surface area (Å²) in [5, 5.41) is 10.0. The number of nitrogens with two attached hydrogens (primary N) is 1. The van der Waals surface area contributed by atoms with Gasteiger partial charge in [-0.05, 0) is 40.0 Å². The molecular formula is C10H21BrN2O2. The average molecular weight is 281 g/mol. The van der Waals surface area contributed by atoms with E-state index in [9.17, 15) is 4.79 Å². The highest BCUT2D eigenvalue weighted by molar-refractivity contribution is 9.09. The van der Waals surface area contributed by atoms with Crippen LogP contribution in [0.25, 0.3) is 0 Å². The largest absolute Gasteiger partial charge is 0.465 e. The van der Waals surface area contributed by atoms with Crippen LogP contribution in [0.1, 0.15) is 40.0 Å². The Morgan fingerprint density at radius 1 is 1.47 bits per heavy atom. The lowest BCUT2D eigenvalue weighted by Gasteiger charge is -2.37.